The molecule has 1 aliphatic heterocycles. The lowest BCUT2D eigenvalue weighted by molar-refractivity contribution is -0.111. The van der Waals surface area contributed by atoms with E-state index >= 15 is 0 Å². The number of carbonyl (C=O) groups excluding carboxylic acids is 1. The van der Waals surface area contributed by atoms with Gasteiger partial charge in [0, 0.05) is 29.1 Å². The SMILES string of the molecule is CCn1c(C#CC(=O)Nc2ccccc2)cc2cc(CCC3CCN(C)CC3)ccc21. The molecule has 2 heterocycles. The smallest absolute Gasteiger partial charge is 0.300 e. The van der Waals surface area contributed by atoms with Crippen molar-refractivity contribution in [1.82, 2.24) is 9.47 Å². The number of likely N-dealkylation sites (tertiary alicyclic amines) is 1. The number of fused-ring (bicyclic) bond motifs is 1. The molecule has 1 aromatic heterocycles. The first-order valence-corrected chi connectivity index (χ1v) is 11.3. The molecular weight excluding hydrogens is 382 g/mol. The zero-order chi connectivity index (χ0) is 21.6. The lowest BCUT2D eigenvalue weighted by Crippen LogP contribution is -2.30. The second-order valence-corrected chi connectivity index (χ2v) is 8.52. The van der Waals surface area contributed by atoms with E-state index in [1.165, 1.54) is 48.8 Å². The summed E-state index contributed by atoms with van der Waals surface area (Å²) >= 11 is 0. The van der Waals surface area contributed by atoms with E-state index < -0.39 is 0 Å². The molecule has 0 bridgehead atoms. The summed E-state index contributed by atoms with van der Waals surface area (Å²) in [4.78, 5) is 14.6. The van der Waals surface area contributed by atoms with Crippen LogP contribution in [0, 0.1) is 17.8 Å². The van der Waals surface area contributed by atoms with Crippen LogP contribution in [-0.4, -0.2) is 35.5 Å². The van der Waals surface area contributed by atoms with Gasteiger partial charge in [-0.25, -0.2) is 0 Å². The summed E-state index contributed by atoms with van der Waals surface area (Å²) in [5.74, 6) is 6.37. The molecular formula is C27H31N3O. The number of carbonyl (C=O) groups is 1. The van der Waals surface area contributed by atoms with Crippen LogP contribution >= 0.6 is 0 Å². The molecule has 0 aliphatic carbocycles. The molecule has 0 radical (unpaired) electrons. The minimum absolute atomic E-state index is 0.294. The molecule has 0 saturated carbocycles. The van der Waals surface area contributed by atoms with E-state index in [0.717, 1.165) is 30.3 Å². The molecule has 4 nitrogen and oxygen atoms in total. The third kappa shape index (κ3) is 5.37. The number of rotatable bonds is 5. The van der Waals surface area contributed by atoms with Crippen LogP contribution in [0.3, 0.4) is 0 Å². The molecule has 0 atom stereocenters. The molecule has 4 heteroatoms. The van der Waals surface area contributed by atoms with E-state index in [1.807, 2.05) is 30.3 Å². The van der Waals surface area contributed by atoms with Crippen LogP contribution in [0.15, 0.2) is 54.6 Å². The van der Waals surface area contributed by atoms with Crippen LogP contribution in [0.4, 0.5) is 5.69 Å². The average Bonchev–Trinajstić information content (AvgIpc) is 3.14. The zero-order valence-corrected chi connectivity index (χ0v) is 18.5. The Morgan fingerprint density at radius 2 is 1.87 bits per heavy atom. The van der Waals surface area contributed by atoms with Gasteiger partial charge in [0.2, 0.25) is 0 Å². The second kappa shape index (κ2) is 9.85. The molecule has 1 amide bonds. The van der Waals surface area contributed by atoms with Crippen molar-refractivity contribution < 1.29 is 4.79 Å². The number of nitrogens with zero attached hydrogens (tertiary/aromatic N) is 2. The van der Waals surface area contributed by atoms with E-state index in [4.69, 9.17) is 0 Å². The molecule has 1 N–H and O–H groups in total. The van der Waals surface area contributed by atoms with Crippen molar-refractivity contribution >= 4 is 22.5 Å². The van der Waals surface area contributed by atoms with Gasteiger partial charge in [0.15, 0.2) is 0 Å². The van der Waals surface area contributed by atoms with Gasteiger partial charge in [-0.05, 0) is 100 Å². The molecule has 1 aliphatic rings. The predicted molar refractivity (Wildman–Crippen MR) is 128 cm³/mol. The summed E-state index contributed by atoms with van der Waals surface area (Å²) in [5.41, 5.74) is 4.21. The normalized spacial score (nSPS) is 14.9. The van der Waals surface area contributed by atoms with Gasteiger partial charge in [-0.2, -0.15) is 0 Å². The number of para-hydroxylation sites is 1. The highest BCUT2D eigenvalue weighted by molar-refractivity contribution is 6.04. The summed E-state index contributed by atoms with van der Waals surface area (Å²) in [7, 11) is 2.22. The topological polar surface area (TPSA) is 37.3 Å². The number of anilines is 1. The quantitative estimate of drug-likeness (QED) is 0.603. The Kier molecular flexibility index (Phi) is 6.74. The van der Waals surface area contributed by atoms with Crippen molar-refractivity contribution in [1.29, 1.82) is 0 Å². The third-order valence-electron chi connectivity index (χ3n) is 6.30. The largest absolute Gasteiger partial charge is 0.334 e. The molecule has 0 unspecified atom stereocenters. The average molecular weight is 414 g/mol. The minimum atomic E-state index is -0.294. The van der Waals surface area contributed by atoms with Gasteiger partial charge < -0.3 is 14.8 Å². The maximum Gasteiger partial charge on any atom is 0.300 e. The van der Waals surface area contributed by atoms with Gasteiger partial charge in [0.25, 0.3) is 0 Å². The van der Waals surface area contributed by atoms with Gasteiger partial charge in [0.1, 0.15) is 0 Å². The lowest BCUT2D eigenvalue weighted by Gasteiger charge is -2.28. The van der Waals surface area contributed by atoms with Crippen molar-refractivity contribution in [3.05, 3.63) is 65.9 Å². The van der Waals surface area contributed by atoms with E-state index in [1.54, 1.807) is 0 Å². The number of hydrogen-bond acceptors (Lipinski definition) is 2. The maximum atomic E-state index is 12.2. The van der Waals surface area contributed by atoms with E-state index in [0.29, 0.717) is 0 Å². The summed E-state index contributed by atoms with van der Waals surface area (Å²) in [5, 5.41) is 4.02. The van der Waals surface area contributed by atoms with E-state index in [2.05, 4.69) is 64.9 Å². The van der Waals surface area contributed by atoms with Crippen LogP contribution in [-0.2, 0) is 17.8 Å². The van der Waals surface area contributed by atoms with Crippen LogP contribution in [0.1, 0.15) is 37.4 Å². The van der Waals surface area contributed by atoms with E-state index in [9.17, 15) is 4.79 Å². The molecule has 1 saturated heterocycles. The maximum absolute atomic E-state index is 12.2. The number of hydrogen-bond donors (Lipinski definition) is 1. The Labute approximate surface area is 185 Å². The Hall–Kier alpha value is -3.03. The molecule has 31 heavy (non-hydrogen) atoms. The number of piperidine rings is 1. The summed E-state index contributed by atoms with van der Waals surface area (Å²) in [6.07, 6.45) is 5.02. The van der Waals surface area contributed by atoms with Crippen LogP contribution in [0.5, 0.6) is 0 Å². The number of benzene rings is 2. The van der Waals surface area contributed by atoms with Gasteiger partial charge in [-0.15, -0.1) is 0 Å². The number of aryl methyl sites for hydroxylation is 2. The van der Waals surface area contributed by atoms with Crippen LogP contribution < -0.4 is 5.32 Å². The summed E-state index contributed by atoms with van der Waals surface area (Å²) in [6, 6.07) is 18.3. The first kappa shape index (κ1) is 21.2. The summed E-state index contributed by atoms with van der Waals surface area (Å²) < 4.78 is 2.18. The Morgan fingerprint density at radius 1 is 1.10 bits per heavy atom. The lowest BCUT2D eigenvalue weighted by atomic mass is 9.90. The van der Waals surface area contributed by atoms with Gasteiger partial charge in [-0.3, -0.25) is 4.79 Å². The molecule has 3 aromatic rings. The molecule has 1 fully saturated rings. The Morgan fingerprint density at radius 3 is 2.61 bits per heavy atom. The number of amides is 1. The van der Waals surface area contributed by atoms with Crippen LogP contribution in [0.2, 0.25) is 0 Å². The van der Waals surface area contributed by atoms with Crippen molar-refractivity contribution in [2.24, 2.45) is 5.92 Å². The summed E-state index contributed by atoms with van der Waals surface area (Å²) in [6.45, 7) is 5.39. The third-order valence-corrected chi connectivity index (χ3v) is 6.30. The highest BCUT2D eigenvalue weighted by Gasteiger charge is 2.16. The fraction of sp³-hybridized carbons (Fsp3) is 0.370. The zero-order valence-electron chi connectivity index (χ0n) is 18.5. The van der Waals surface area contributed by atoms with Gasteiger partial charge in [-0.1, -0.05) is 24.3 Å². The fourth-order valence-corrected chi connectivity index (χ4v) is 4.45. The standard InChI is InChI=1S/C27H31N3O/c1-3-30-25(12-14-27(31)28-24-7-5-4-6-8-24)20-23-19-22(11-13-26(23)30)10-9-21-15-17-29(2)18-16-21/h4-8,11,13,19-21H,3,9-10,15-18H2,1-2H3,(H,28,31). The predicted octanol–water partition coefficient (Wildman–Crippen LogP) is 4.93. The second-order valence-electron chi connectivity index (χ2n) is 8.52. The fourth-order valence-electron chi connectivity index (χ4n) is 4.45. The first-order valence-electron chi connectivity index (χ1n) is 11.3. The molecule has 4 rings (SSSR count). The van der Waals surface area contributed by atoms with Crippen LogP contribution in [0.25, 0.3) is 10.9 Å². The Balaban J connectivity index is 1.46. The highest BCUT2D eigenvalue weighted by atomic mass is 16.1. The number of nitrogens with one attached hydrogen (secondary N) is 1. The minimum Gasteiger partial charge on any atom is -0.334 e. The highest BCUT2D eigenvalue weighted by Crippen LogP contribution is 2.25. The van der Waals surface area contributed by atoms with Crippen molar-refractivity contribution in [2.75, 3.05) is 25.5 Å². The van der Waals surface area contributed by atoms with Gasteiger partial charge >= 0.3 is 5.91 Å². The Bertz CT molecular complexity index is 1100. The van der Waals surface area contributed by atoms with Crippen molar-refractivity contribution in [3.63, 3.8) is 0 Å². The van der Waals surface area contributed by atoms with E-state index in [-0.39, 0.29) is 5.91 Å². The molecule has 0 spiro atoms. The van der Waals surface area contributed by atoms with Crippen molar-refractivity contribution in [2.45, 2.75) is 39.2 Å². The first-order chi connectivity index (χ1) is 15.1. The monoisotopic (exact) mass is 413 g/mol. The van der Waals surface area contributed by atoms with Crippen molar-refractivity contribution in [3.8, 4) is 11.8 Å². The molecule has 2 aromatic carbocycles. The van der Waals surface area contributed by atoms with Gasteiger partial charge in [0.05, 0.1) is 5.69 Å². The number of aromatic nitrogens is 1. The molecule has 160 valence electrons.